The zero-order valence-electron chi connectivity index (χ0n) is 15.5. The van der Waals surface area contributed by atoms with Crippen molar-refractivity contribution < 1.29 is 9.90 Å². The molecule has 1 N–H and O–H groups in total. The van der Waals surface area contributed by atoms with Gasteiger partial charge in [-0.1, -0.05) is 59.1 Å². The molecule has 1 aromatic heterocycles. The number of aryl methyl sites for hydroxylation is 1. The minimum atomic E-state index is -1.27. The lowest BCUT2D eigenvalue weighted by molar-refractivity contribution is 0.0695. The zero-order chi connectivity index (χ0) is 20.4. The third-order valence-corrected chi connectivity index (χ3v) is 5.33. The molecule has 0 aliphatic heterocycles. The molecule has 1 heterocycles. The number of halogens is 2. The lowest BCUT2D eigenvalue weighted by Gasteiger charge is -2.20. The van der Waals surface area contributed by atoms with Crippen molar-refractivity contribution in [1.82, 2.24) is 4.57 Å². The lowest BCUT2D eigenvalue weighted by atomic mass is 10.0. The predicted molar refractivity (Wildman–Crippen MR) is 113 cm³/mol. The molecule has 0 spiro atoms. The Labute approximate surface area is 173 Å². The van der Waals surface area contributed by atoms with Gasteiger partial charge in [0.1, 0.15) is 5.56 Å². The minimum absolute atomic E-state index is 0.270. The average molecular weight is 416 g/mol. The van der Waals surface area contributed by atoms with Crippen LogP contribution in [-0.4, -0.2) is 15.6 Å². The van der Waals surface area contributed by atoms with E-state index in [0.29, 0.717) is 34.3 Å². The molecule has 0 atom stereocenters. The van der Waals surface area contributed by atoms with Crippen molar-refractivity contribution in [3.05, 3.63) is 91.2 Å². The SMILES string of the molecule is CCn1c(Cc2cccc(C)c2)cc(=O)c(C(=O)O)c1-c1ccc(Cl)c(Cl)c1. The second-order valence-corrected chi connectivity index (χ2v) is 7.38. The Kier molecular flexibility index (Phi) is 5.92. The molecule has 144 valence electrons. The molecule has 4 nitrogen and oxygen atoms in total. The van der Waals surface area contributed by atoms with Gasteiger partial charge >= 0.3 is 5.97 Å². The quantitative estimate of drug-likeness (QED) is 0.603. The van der Waals surface area contributed by atoms with Crippen LogP contribution in [-0.2, 0) is 13.0 Å². The Morgan fingerprint density at radius 1 is 1.07 bits per heavy atom. The van der Waals surface area contributed by atoms with E-state index in [1.165, 1.54) is 6.07 Å². The Morgan fingerprint density at radius 3 is 2.43 bits per heavy atom. The Bertz CT molecular complexity index is 1120. The van der Waals surface area contributed by atoms with E-state index in [1.807, 2.05) is 36.6 Å². The highest BCUT2D eigenvalue weighted by Gasteiger charge is 2.22. The first-order chi connectivity index (χ1) is 13.3. The van der Waals surface area contributed by atoms with Crippen LogP contribution in [0.1, 0.15) is 34.1 Å². The fourth-order valence-corrected chi connectivity index (χ4v) is 3.68. The van der Waals surface area contributed by atoms with Crippen molar-refractivity contribution in [2.75, 3.05) is 0 Å². The first-order valence-corrected chi connectivity index (χ1v) is 9.58. The maximum Gasteiger partial charge on any atom is 0.341 e. The van der Waals surface area contributed by atoms with Crippen LogP contribution in [0, 0.1) is 6.92 Å². The lowest BCUT2D eigenvalue weighted by Crippen LogP contribution is -2.23. The summed E-state index contributed by atoms with van der Waals surface area (Å²) in [6, 6.07) is 14.3. The summed E-state index contributed by atoms with van der Waals surface area (Å²) in [6.45, 7) is 4.42. The smallest absolute Gasteiger partial charge is 0.341 e. The van der Waals surface area contributed by atoms with Crippen molar-refractivity contribution in [2.24, 2.45) is 0 Å². The molecule has 0 saturated carbocycles. The van der Waals surface area contributed by atoms with Gasteiger partial charge in [0.2, 0.25) is 0 Å². The highest BCUT2D eigenvalue weighted by Crippen LogP contribution is 2.31. The van der Waals surface area contributed by atoms with Crippen molar-refractivity contribution in [3.8, 4) is 11.3 Å². The number of carboxylic acids is 1. The zero-order valence-corrected chi connectivity index (χ0v) is 17.0. The van der Waals surface area contributed by atoms with Gasteiger partial charge in [0.15, 0.2) is 5.43 Å². The molecule has 0 aliphatic rings. The molecule has 2 aromatic carbocycles. The summed E-state index contributed by atoms with van der Waals surface area (Å²) >= 11 is 12.2. The van der Waals surface area contributed by atoms with E-state index in [2.05, 4.69) is 6.07 Å². The van der Waals surface area contributed by atoms with Gasteiger partial charge in [0.25, 0.3) is 0 Å². The monoisotopic (exact) mass is 415 g/mol. The number of pyridine rings is 1. The summed E-state index contributed by atoms with van der Waals surface area (Å²) in [7, 11) is 0. The van der Waals surface area contributed by atoms with Crippen LogP contribution in [0.5, 0.6) is 0 Å². The predicted octanol–water partition coefficient (Wildman–Crippen LogP) is 5.44. The third-order valence-electron chi connectivity index (χ3n) is 4.59. The molecule has 3 aromatic rings. The average Bonchev–Trinajstić information content (AvgIpc) is 2.63. The number of rotatable bonds is 5. The molecule has 0 aliphatic carbocycles. The van der Waals surface area contributed by atoms with E-state index in [9.17, 15) is 14.7 Å². The van der Waals surface area contributed by atoms with Crippen LogP contribution < -0.4 is 5.43 Å². The van der Waals surface area contributed by atoms with Crippen molar-refractivity contribution in [1.29, 1.82) is 0 Å². The summed E-state index contributed by atoms with van der Waals surface area (Å²) in [4.78, 5) is 24.6. The van der Waals surface area contributed by atoms with Crippen LogP contribution in [0.15, 0.2) is 53.3 Å². The van der Waals surface area contributed by atoms with Crippen molar-refractivity contribution >= 4 is 29.2 Å². The number of hydrogen-bond acceptors (Lipinski definition) is 2. The first kappa shape index (κ1) is 20.2. The maximum atomic E-state index is 12.7. The van der Waals surface area contributed by atoms with E-state index >= 15 is 0 Å². The number of aromatic carboxylic acids is 1. The highest BCUT2D eigenvalue weighted by atomic mass is 35.5. The van der Waals surface area contributed by atoms with Gasteiger partial charge < -0.3 is 9.67 Å². The summed E-state index contributed by atoms with van der Waals surface area (Å²) in [5, 5.41) is 10.4. The molecule has 0 bridgehead atoms. The van der Waals surface area contributed by atoms with Gasteiger partial charge in [0.05, 0.1) is 15.7 Å². The van der Waals surface area contributed by atoms with Crippen LogP contribution in [0.4, 0.5) is 0 Å². The molecule has 28 heavy (non-hydrogen) atoms. The number of carbonyl (C=O) groups is 1. The molecular weight excluding hydrogens is 397 g/mol. The summed E-state index contributed by atoms with van der Waals surface area (Å²) in [6.07, 6.45) is 0.513. The van der Waals surface area contributed by atoms with Gasteiger partial charge in [-0.3, -0.25) is 4.79 Å². The largest absolute Gasteiger partial charge is 0.477 e. The summed E-state index contributed by atoms with van der Waals surface area (Å²) in [5.41, 5.74) is 2.98. The highest BCUT2D eigenvalue weighted by molar-refractivity contribution is 6.42. The van der Waals surface area contributed by atoms with Crippen molar-refractivity contribution in [2.45, 2.75) is 26.8 Å². The molecule has 3 rings (SSSR count). The Hall–Kier alpha value is -2.56. The van der Waals surface area contributed by atoms with E-state index < -0.39 is 11.4 Å². The number of benzene rings is 2. The molecule has 0 radical (unpaired) electrons. The van der Waals surface area contributed by atoms with E-state index in [-0.39, 0.29) is 5.56 Å². The van der Waals surface area contributed by atoms with Gasteiger partial charge in [0, 0.05) is 30.3 Å². The summed E-state index contributed by atoms with van der Waals surface area (Å²) < 4.78 is 1.85. The van der Waals surface area contributed by atoms with Crippen LogP contribution in [0.25, 0.3) is 11.3 Å². The van der Waals surface area contributed by atoms with Gasteiger partial charge in [-0.25, -0.2) is 4.79 Å². The topological polar surface area (TPSA) is 59.3 Å². The maximum absolute atomic E-state index is 12.7. The number of carboxylic acid groups (broad SMARTS) is 1. The fraction of sp³-hybridized carbons (Fsp3) is 0.182. The fourth-order valence-electron chi connectivity index (χ4n) is 3.39. The number of aromatic nitrogens is 1. The van der Waals surface area contributed by atoms with Crippen LogP contribution in [0.2, 0.25) is 10.0 Å². The molecule has 6 heteroatoms. The Balaban J connectivity index is 2.28. The third kappa shape index (κ3) is 3.98. The number of hydrogen-bond donors (Lipinski definition) is 1. The summed E-state index contributed by atoms with van der Waals surface area (Å²) in [5.74, 6) is -1.27. The molecule has 0 fully saturated rings. The van der Waals surface area contributed by atoms with Gasteiger partial charge in [-0.05, 0) is 31.5 Å². The van der Waals surface area contributed by atoms with E-state index in [0.717, 1.165) is 16.8 Å². The van der Waals surface area contributed by atoms with Crippen LogP contribution >= 0.6 is 23.2 Å². The van der Waals surface area contributed by atoms with Gasteiger partial charge in [-0.2, -0.15) is 0 Å². The molecule has 0 unspecified atom stereocenters. The number of nitrogens with zero attached hydrogens (tertiary/aromatic N) is 1. The standard InChI is InChI=1S/C22H19Cl2NO3/c1-3-25-16(10-14-6-4-5-13(2)9-14)12-19(26)20(22(27)28)21(25)15-7-8-17(23)18(24)11-15/h4-9,11-12H,3,10H2,1-2H3,(H,27,28). The molecule has 0 saturated heterocycles. The minimum Gasteiger partial charge on any atom is -0.477 e. The van der Waals surface area contributed by atoms with Crippen molar-refractivity contribution in [3.63, 3.8) is 0 Å². The normalized spacial score (nSPS) is 10.9. The Morgan fingerprint density at radius 2 is 1.82 bits per heavy atom. The molecular formula is C22H19Cl2NO3. The first-order valence-electron chi connectivity index (χ1n) is 8.82. The second-order valence-electron chi connectivity index (χ2n) is 6.57. The van der Waals surface area contributed by atoms with Gasteiger partial charge in [-0.15, -0.1) is 0 Å². The van der Waals surface area contributed by atoms with Crippen LogP contribution in [0.3, 0.4) is 0 Å². The molecule has 0 amide bonds. The second kappa shape index (κ2) is 8.21. The van der Waals surface area contributed by atoms with E-state index in [1.54, 1.807) is 18.2 Å². The van der Waals surface area contributed by atoms with E-state index in [4.69, 9.17) is 23.2 Å².